The van der Waals surface area contributed by atoms with Crippen LogP contribution in [0.25, 0.3) is 0 Å². The van der Waals surface area contributed by atoms with Gasteiger partial charge in [0.25, 0.3) is 8.32 Å². The molecule has 37 heavy (non-hydrogen) atoms. The molecular formula is C31H42O5Si. The Hall–Kier alpha value is -1.99. The van der Waals surface area contributed by atoms with Crippen molar-refractivity contribution >= 4 is 24.7 Å². The summed E-state index contributed by atoms with van der Waals surface area (Å²) in [4.78, 5) is 13.0. The van der Waals surface area contributed by atoms with E-state index in [1.54, 1.807) is 0 Å². The zero-order chi connectivity index (χ0) is 26.5. The third-order valence-electron chi connectivity index (χ3n) is 9.20. The number of hydrogen-bond acceptors (Lipinski definition) is 5. The number of carbonyl (C=O) groups is 1. The van der Waals surface area contributed by atoms with E-state index in [4.69, 9.17) is 18.6 Å². The minimum Gasteiger partial charge on any atom is -0.462 e. The smallest absolute Gasteiger partial charge is 0.306 e. The van der Waals surface area contributed by atoms with E-state index in [9.17, 15) is 4.79 Å². The average molecular weight is 523 g/mol. The summed E-state index contributed by atoms with van der Waals surface area (Å²) >= 11 is 0. The Bertz CT molecular complexity index is 1060. The summed E-state index contributed by atoms with van der Waals surface area (Å²) in [5, 5.41) is 2.37. The first-order chi connectivity index (χ1) is 17.5. The molecule has 2 aromatic rings. The Balaban J connectivity index is 1.62. The van der Waals surface area contributed by atoms with E-state index in [0.717, 1.165) is 12.8 Å². The summed E-state index contributed by atoms with van der Waals surface area (Å²) in [5.74, 6) is -0.180. The predicted molar refractivity (Wildman–Crippen MR) is 147 cm³/mol. The highest BCUT2D eigenvalue weighted by Crippen LogP contribution is 2.61. The summed E-state index contributed by atoms with van der Waals surface area (Å²) < 4.78 is 26.3. The fourth-order valence-electron chi connectivity index (χ4n) is 7.59. The SMILES string of the molecule is C[C@H]1OC(=O)C[C@H]2C(C)(C)O[C@@H]3OCCC[C@@]32[C@H]1CO[Si](c1ccccc1)(c1ccccc1)C(C)(C)C. The Kier molecular flexibility index (Phi) is 6.93. The largest absolute Gasteiger partial charge is 0.462 e. The highest BCUT2D eigenvalue weighted by atomic mass is 28.4. The van der Waals surface area contributed by atoms with Gasteiger partial charge in [0.1, 0.15) is 6.10 Å². The lowest BCUT2D eigenvalue weighted by atomic mass is 9.59. The van der Waals surface area contributed by atoms with Crippen molar-refractivity contribution in [1.82, 2.24) is 0 Å². The van der Waals surface area contributed by atoms with Crippen molar-refractivity contribution in [3.05, 3.63) is 60.7 Å². The Morgan fingerprint density at radius 3 is 2.16 bits per heavy atom. The second kappa shape index (κ2) is 9.64. The van der Waals surface area contributed by atoms with Gasteiger partial charge in [-0.05, 0) is 49.0 Å². The van der Waals surface area contributed by atoms with Crippen LogP contribution < -0.4 is 10.4 Å². The molecule has 3 saturated heterocycles. The van der Waals surface area contributed by atoms with Crippen LogP contribution in [0.1, 0.15) is 60.8 Å². The van der Waals surface area contributed by atoms with Crippen LogP contribution in [0.5, 0.6) is 0 Å². The quantitative estimate of drug-likeness (QED) is 0.406. The molecule has 5 rings (SSSR count). The number of ether oxygens (including phenoxy) is 3. The van der Waals surface area contributed by atoms with Crippen molar-refractivity contribution < 1.29 is 23.4 Å². The molecule has 0 aromatic heterocycles. The number of esters is 1. The van der Waals surface area contributed by atoms with E-state index in [-0.39, 0.29) is 40.7 Å². The summed E-state index contributed by atoms with van der Waals surface area (Å²) in [6.45, 7) is 14.3. The second-order valence-electron chi connectivity index (χ2n) is 12.7. The molecule has 200 valence electrons. The van der Waals surface area contributed by atoms with Gasteiger partial charge in [0, 0.05) is 30.5 Å². The van der Waals surface area contributed by atoms with Gasteiger partial charge in [0.15, 0.2) is 6.29 Å². The standard InChI is InChI=1S/C31H42O5Si/c1-22-25(31-18-13-19-33-28(31)36-30(5,6)26(31)20-27(32)35-22)21-34-37(29(2,3)4,23-14-9-7-10-15-23)24-16-11-8-12-17-24/h7-12,14-17,22,25-26,28H,13,18-21H2,1-6H3/t22-,25+,26+,28+,31+/m1/s1. The molecule has 0 bridgehead atoms. The molecule has 0 radical (unpaired) electrons. The average Bonchev–Trinajstić information content (AvgIpc) is 3.01. The molecule has 3 heterocycles. The molecule has 0 amide bonds. The zero-order valence-electron chi connectivity index (χ0n) is 23.2. The molecule has 0 aliphatic carbocycles. The number of carbonyl (C=O) groups excluding carboxylic acids is 1. The van der Waals surface area contributed by atoms with Gasteiger partial charge in [-0.25, -0.2) is 0 Å². The number of cyclic esters (lactones) is 1. The van der Waals surface area contributed by atoms with Crippen LogP contribution in [0.15, 0.2) is 60.7 Å². The van der Waals surface area contributed by atoms with Crippen LogP contribution in [0.3, 0.4) is 0 Å². The molecule has 6 heteroatoms. The van der Waals surface area contributed by atoms with Crippen LogP contribution in [-0.2, 0) is 23.4 Å². The molecule has 3 aliphatic rings. The van der Waals surface area contributed by atoms with Gasteiger partial charge in [-0.15, -0.1) is 0 Å². The van der Waals surface area contributed by atoms with Gasteiger partial charge < -0.3 is 18.6 Å². The molecule has 1 spiro atoms. The van der Waals surface area contributed by atoms with E-state index in [1.807, 2.05) is 6.92 Å². The van der Waals surface area contributed by atoms with Crippen molar-refractivity contribution in [2.24, 2.45) is 17.3 Å². The molecule has 2 aromatic carbocycles. The highest BCUT2D eigenvalue weighted by molar-refractivity contribution is 6.99. The van der Waals surface area contributed by atoms with Crippen LogP contribution in [-0.4, -0.2) is 45.5 Å². The summed E-state index contributed by atoms with van der Waals surface area (Å²) in [6, 6.07) is 21.4. The fourth-order valence-corrected chi connectivity index (χ4v) is 12.2. The molecule has 5 nitrogen and oxygen atoms in total. The lowest BCUT2D eigenvalue weighted by Crippen LogP contribution is -2.67. The first-order valence-electron chi connectivity index (χ1n) is 13.8. The Morgan fingerprint density at radius 1 is 1.00 bits per heavy atom. The topological polar surface area (TPSA) is 54.0 Å². The van der Waals surface area contributed by atoms with Crippen molar-refractivity contribution in [2.75, 3.05) is 13.2 Å². The molecule has 5 atom stereocenters. The van der Waals surface area contributed by atoms with Crippen LogP contribution in [0.2, 0.25) is 5.04 Å². The Labute approximate surface area is 223 Å². The van der Waals surface area contributed by atoms with E-state index in [2.05, 4.69) is 95.3 Å². The molecule has 0 unspecified atom stereocenters. The molecule has 0 saturated carbocycles. The van der Waals surface area contributed by atoms with Gasteiger partial charge in [-0.3, -0.25) is 4.79 Å². The fraction of sp³-hybridized carbons (Fsp3) is 0.581. The van der Waals surface area contributed by atoms with Gasteiger partial charge in [0.2, 0.25) is 0 Å². The second-order valence-corrected chi connectivity index (χ2v) is 17.0. The van der Waals surface area contributed by atoms with Crippen molar-refractivity contribution in [2.45, 2.75) is 83.8 Å². The molecule has 3 aliphatic heterocycles. The van der Waals surface area contributed by atoms with Crippen molar-refractivity contribution in [3.63, 3.8) is 0 Å². The first-order valence-corrected chi connectivity index (χ1v) is 15.7. The van der Waals surface area contributed by atoms with Gasteiger partial charge in [0.05, 0.1) is 12.0 Å². The molecule has 3 fully saturated rings. The lowest BCUT2D eigenvalue weighted by molar-refractivity contribution is -0.231. The van der Waals surface area contributed by atoms with Crippen molar-refractivity contribution in [1.29, 1.82) is 0 Å². The van der Waals surface area contributed by atoms with Gasteiger partial charge in [-0.1, -0.05) is 81.4 Å². The maximum Gasteiger partial charge on any atom is 0.306 e. The number of hydrogen-bond donors (Lipinski definition) is 0. The maximum atomic E-state index is 13.0. The Morgan fingerprint density at radius 2 is 1.59 bits per heavy atom. The lowest BCUT2D eigenvalue weighted by Gasteiger charge is -2.49. The highest BCUT2D eigenvalue weighted by Gasteiger charge is 2.67. The number of benzene rings is 2. The minimum atomic E-state index is -2.76. The monoisotopic (exact) mass is 522 g/mol. The predicted octanol–water partition coefficient (Wildman–Crippen LogP) is 5.06. The number of rotatable bonds is 5. The normalized spacial score (nSPS) is 31.7. The van der Waals surface area contributed by atoms with Gasteiger partial charge in [-0.2, -0.15) is 0 Å². The van der Waals surface area contributed by atoms with E-state index >= 15 is 0 Å². The maximum absolute atomic E-state index is 13.0. The first kappa shape index (κ1) is 26.6. The third-order valence-corrected chi connectivity index (χ3v) is 14.2. The summed E-state index contributed by atoms with van der Waals surface area (Å²) in [7, 11) is -2.76. The van der Waals surface area contributed by atoms with Crippen LogP contribution in [0.4, 0.5) is 0 Å². The van der Waals surface area contributed by atoms with E-state index in [1.165, 1.54) is 10.4 Å². The van der Waals surface area contributed by atoms with Gasteiger partial charge >= 0.3 is 5.97 Å². The zero-order valence-corrected chi connectivity index (χ0v) is 24.2. The van der Waals surface area contributed by atoms with Crippen molar-refractivity contribution in [3.8, 4) is 0 Å². The van der Waals surface area contributed by atoms with Crippen LogP contribution in [0, 0.1) is 17.3 Å². The minimum absolute atomic E-state index is 0.00973. The third kappa shape index (κ3) is 4.30. The summed E-state index contributed by atoms with van der Waals surface area (Å²) in [5.41, 5.74) is -0.813. The van der Waals surface area contributed by atoms with E-state index < -0.39 is 13.9 Å². The van der Waals surface area contributed by atoms with E-state index in [0.29, 0.717) is 19.6 Å². The summed E-state index contributed by atoms with van der Waals surface area (Å²) in [6.07, 6.45) is 1.60. The molecular weight excluding hydrogens is 480 g/mol. The van der Waals surface area contributed by atoms with Crippen LogP contribution >= 0.6 is 0 Å². The molecule has 0 N–H and O–H groups in total.